The van der Waals surface area contributed by atoms with E-state index in [1.807, 2.05) is 24.8 Å². The van der Waals surface area contributed by atoms with Crippen LogP contribution in [0.5, 0.6) is 0 Å². The Labute approximate surface area is 195 Å². The zero-order chi connectivity index (χ0) is 24.2. The number of carbonyl (C=O) groups is 3. The van der Waals surface area contributed by atoms with Gasteiger partial charge in [0.2, 0.25) is 11.8 Å². The van der Waals surface area contributed by atoms with Crippen molar-refractivity contribution in [2.45, 2.75) is 45.1 Å². The standard InChI is InChI=1S/C24H24N4O6/c1-14-12-26-19-9-8-18(28(32)33)10-17(19)11-24(20(26)15(2)34-14)21(29)25-23(31)27(22(24)30)13-16-6-4-3-5-7-16/h3-10,14-15,20H,11-13H2,1-2H3,(H,25,29,31)/t14-,15-,20+,24-/m1/s1. The predicted octanol–water partition coefficient (Wildman–Crippen LogP) is 2.40. The maximum atomic E-state index is 14.1. The van der Waals surface area contributed by atoms with Crippen LogP contribution >= 0.6 is 0 Å². The number of fused-ring (bicyclic) bond motifs is 4. The molecule has 10 nitrogen and oxygen atoms in total. The van der Waals surface area contributed by atoms with Crippen LogP contribution in [0.2, 0.25) is 0 Å². The van der Waals surface area contributed by atoms with Crippen LogP contribution in [0.3, 0.4) is 0 Å². The Balaban J connectivity index is 1.65. The van der Waals surface area contributed by atoms with E-state index in [0.29, 0.717) is 12.1 Å². The van der Waals surface area contributed by atoms with Crippen molar-refractivity contribution in [1.82, 2.24) is 10.2 Å². The summed E-state index contributed by atoms with van der Waals surface area (Å²) in [6, 6.07) is 12.1. The van der Waals surface area contributed by atoms with Crippen LogP contribution < -0.4 is 10.2 Å². The summed E-state index contributed by atoms with van der Waals surface area (Å²) in [4.78, 5) is 54.3. The summed E-state index contributed by atoms with van der Waals surface area (Å²) < 4.78 is 6.05. The molecule has 4 atom stereocenters. The molecule has 1 N–H and O–H groups in total. The molecule has 0 bridgehead atoms. The molecule has 2 aromatic rings. The number of nitro benzene ring substituents is 1. The molecule has 3 aliphatic rings. The lowest BCUT2D eigenvalue weighted by molar-refractivity contribution is -0.384. The lowest BCUT2D eigenvalue weighted by Gasteiger charge is -2.56. The molecule has 34 heavy (non-hydrogen) atoms. The molecule has 0 radical (unpaired) electrons. The first-order chi connectivity index (χ1) is 16.2. The molecule has 0 unspecified atom stereocenters. The molecule has 176 valence electrons. The van der Waals surface area contributed by atoms with Crippen LogP contribution in [0.15, 0.2) is 48.5 Å². The van der Waals surface area contributed by atoms with Crippen molar-refractivity contribution >= 4 is 29.2 Å². The fourth-order valence-corrected chi connectivity index (χ4v) is 5.59. The van der Waals surface area contributed by atoms with E-state index in [2.05, 4.69) is 5.32 Å². The number of hydrogen-bond donors (Lipinski definition) is 1. The van der Waals surface area contributed by atoms with Crippen molar-refractivity contribution in [3.05, 3.63) is 69.8 Å². The number of urea groups is 1. The van der Waals surface area contributed by atoms with Gasteiger partial charge in [-0.1, -0.05) is 30.3 Å². The van der Waals surface area contributed by atoms with Gasteiger partial charge in [0.15, 0.2) is 5.41 Å². The number of anilines is 1. The number of morpholine rings is 1. The minimum Gasteiger partial charge on any atom is -0.372 e. The minimum atomic E-state index is -1.68. The Bertz CT molecular complexity index is 1200. The summed E-state index contributed by atoms with van der Waals surface area (Å²) >= 11 is 0. The van der Waals surface area contributed by atoms with Crippen molar-refractivity contribution < 1.29 is 24.0 Å². The molecule has 2 saturated heterocycles. The van der Waals surface area contributed by atoms with Crippen molar-refractivity contribution in [2.24, 2.45) is 5.41 Å². The third kappa shape index (κ3) is 3.25. The lowest BCUT2D eigenvalue weighted by atomic mass is 9.66. The first kappa shape index (κ1) is 22.0. The van der Waals surface area contributed by atoms with Gasteiger partial charge < -0.3 is 9.64 Å². The number of non-ortho nitro benzene ring substituents is 1. The van der Waals surface area contributed by atoms with Gasteiger partial charge in [0, 0.05) is 30.8 Å². The smallest absolute Gasteiger partial charge is 0.331 e. The topological polar surface area (TPSA) is 122 Å². The Morgan fingerprint density at radius 1 is 1.15 bits per heavy atom. The molecule has 3 heterocycles. The molecular weight excluding hydrogens is 440 g/mol. The first-order valence-electron chi connectivity index (χ1n) is 11.1. The normalized spacial score (nSPS) is 28.4. The molecule has 4 amide bonds. The van der Waals surface area contributed by atoms with Crippen LogP contribution in [0.1, 0.15) is 25.0 Å². The molecule has 3 aliphatic heterocycles. The number of hydrogen-bond acceptors (Lipinski definition) is 7. The third-order valence-electron chi connectivity index (χ3n) is 6.92. The highest BCUT2D eigenvalue weighted by atomic mass is 16.6. The molecule has 0 saturated carbocycles. The SMILES string of the molecule is C[C@@H]1CN2c3ccc([N+](=O)[O-])cc3C[C@]3(C(=O)NC(=O)N(Cc4ccccc4)C3=O)[C@@H]2[C@@H](C)O1. The van der Waals surface area contributed by atoms with Gasteiger partial charge in [0.05, 0.1) is 29.7 Å². The summed E-state index contributed by atoms with van der Waals surface area (Å²) in [7, 11) is 0. The Hall–Kier alpha value is -3.79. The Kier molecular flexibility index (Phi) is 5.12. The van der Waals surface area contributed by atoms with Crippen LogP contribution in [0, 0.1) is 15.5 Å². The molecule has 5 rings (SSSR count). The largest absolute Gasteiger partial charge is 0.372 e. The van der Waals surface area contributed by atoms with Gasteiger partial charge in [0.25, 0.3) is 5.69 Å². The summed E-state index contributed by atoms with van der Waals surface area (Å²) in [5, 5.41) is 13.8. The molecule has 10 heteroatoms. The predicted molar refractivity (Wildman–Crippen MR) is 121 cm³/mol. The second-order valence-electron chi connectivity index (χ2n) is 9.10. The van der Waals surface area contributed by atoms with Crippen molar-refractivity contribution in [2.75, 3.05) is 11.4 Å². The first-order valence-corrected chi connectivity index (χ1v) is 11.1. The summed E-state index contributed by atoms with van der Waals surface area (Å²) in [5.41, 5.74) is 0.188. The lowest BCUT2D eigenvalue weighted by Crippen LogP contribution is -2.75. The summed E-state index contributed by atoms with van der Waals surface area (Å²) in [6.07, 6.45) is -0.766. The van der Waals surface area contributed by atoms with Crippen molar-refractivity contribution in [3.8, 4) is 0 Å². The van der Waals surface area contributed by atoms with Crippen LogP contribution in [-0.2, 0) is 27.3 Å². The number of nitrogens with one attached hydrogen (secondary N) is 1. The van der Waals surface area contributed by atoms with E-state index >= 15 is 0 Å². The van der Waals surface area contributed by atoms with Gasteiger partial charge in [-0.25, -0.2) is 4.79 Å². The number of rotatable bonds is 3. The quantitative estimate of drug-likeness (QED) is 0.420. The molecular formula is C24H24N4O6. The molecule has 0 aliphatic carbocycles. The van der Waals surface area contributed by atoms with Gasteiger partial charge >= 0.3 is 6.03 Å². The average molecular weight is 464 g/mol. The fraction of sp³-hybridized carbons (Fsp3) is 0.375. The van der Waals surface area contributed by atoms with E-state index in [-0.39, 0.29) is 24.8 Å². The van der Waals surface area contributed by atoms with E-state index in [1.165, 1.54) is 12.1 Å². The molecule has 2 fully saturated rings. The minimum absolute atomic E-state index is 0.000687. The van der Waals surface area contributed by atoms with Crippen molar-refractivity contribution in [3.63, 3.8) is 0 Å². The number of ether oxygens (including phenoxy) is 1. The highest BCUT2D eigenvalue weighted by Gasteiger charge is 2.64. The van der Waals surface area contributed by atoms with Gasteiger partial charge in [-0.3, -0.25) is 29.9 Å². The number of nitrogens with zero attached hydrogens (tertiary/aromatic N) is 3. The Morgan fingerprint density at radius 3 is 2.59 bits per heavy atom. The van der Waals surface area contributed by atoms with Crippen LogP contribution in [0.25, 0.3) is 0 Å². The molecule has 0 aromatic heterocycles. The number of barbiturate groups is 1. The second-order valence-corrected chi connectivity index (χ2v) is 9.10. The highest BCUT2D eigenvalue weighted by Crippen LogP contribution is 2.48. The second kappa shape index (κ2) is 7.91. The van der Waals surface area contributed by atoms with E-state index in [9.17, 15) is 24.5 Å². The zero-order valence-electron chi connectivity index (χ0n) is 18.8. The summed E-state index contributed by atoms with van der Waals surface area (Å²) in [5.74, 6) is -1.33. The zero-order valence-corrected chi connectivity index (χ0v) is 18.8. The monoisotopic (exact) mass is 464 g/mol. The number of carbonyl (C=O) groups excluding carboxylic acids is 3. The number of imide groups is 2. The van der Waals surface area contributed by atoms with Crippen LogP contribution in [0.4, 0.5) is 16.2 Å². The highest BCUT2D eigenvalue weighted by molar-refractivity contribution is 6.20. The third-order valence-corrected chi connectivity index (χ3v) is 6.92. The molecule has 2 aromatic carbocycles. The Morgan fingerprint density at radius 2 is 1.88 bits per heavy atom. The van der Waals surface area contributed by atoms with E-state index in [4.69, 9.17) is 4.74 Å². The summed E-state index contributed by atoms with van der Waals surface area (Å²) in [6.45, 7) is 4.10. The average Bonchev–Trinajstić information content (AvgIpc) is 2.80. The van der Waals surface area contributed by atoms with Gasteiger partial charge in [0.1, 0.15) is 0 Å². The molecule has 1 spiro atoms. The van der Waals surface area contributed by atoms with Gasteiger partial charge in [-0.15, -0.1) is 0 Å². The number of benzene rings is 2. The maximum absolute atomic E-state index is 14.1. The van der Waals surface area contributed by atoms with Gasteiger partial charge in [-0.2, -0.15) is 0 Å². The maximum Gasteiger partial charge on any atom is 0.331 e. The van der Waals surface area contributed by atoms with Crippen molar-refractivity contribution in [1.29, 1.82) is 0 Å². The fourth-order valence-electron chi connectivity index (χ4n) is 5.59. The van der Waals surface area contributed by atoms with E-state index in [0.717, 1.165) is 16.2 Å². The van der Waals surface area contributed by atoms with Crippen LogP contribution in [-0.4, -0.2) is 52.5 Å². The van der Waals surface area contributed by atoms with Gasteiger partial charge in [-0.05, 0) is 31.0 Å². The van der Waals surface area contributed by atoms with E-state index < -0.39 is 40.3 Å². The van der Waals surface area contributed by atoms with E-state index in [1.54, 1.807) is 30.3 Å². The number of amides is 4. The number of nitro groups is 1.